The molecule has 146 valence electrons. The molecule has 1 aromatic heterocycles. The Morgan fingerprint density at radius 1 is 1.19 bits per heavy atom. The second kappa shape index (κ2) is 10.0. The highest BCUT2D eigenvalue weighted by molar-refractivity contribution is 5.89. The maximum Gasteiger partial charge on any atom is 0.248 e. The van der Waals surface area contributed by atoms with Crippen LogP contribution in [0.5, 0.6) is 0 Å². The minimum atomic E-state index is -0.173. The number of nitrogens with one attached hydrogen (secondary N) is 2. The van der Waals surface area contributed by atoms with E-state index in [1.54, 1.807) is 0 Å². The zero-order valence-corrected chi connectivity index (χ0v) is 15.8. The van der Waals surface area contributed by atoms with Gasteiger partial charge in [-0.15, -0.1) is 17.5 Å². The van der Waals surface area contributed by atoms with Crippen LogP contribution in [0.25, 0.3) is 0 Å². The van der Waals surface area contributed by atoms with E-state index in [9.17, 15) is 9.59 Å². The van der Waals surface area contributed by atoms with Gasteiger partial charge in [-0.05, 0) is 24.3 Å². The number of aromatic nitrogens is 3. The molecule has 0 bridgehead atoms. The summed E-state index contributed by atoms with van der Waals surface area (Å²) >= 11 is 0. The maximum absolute atomic E-state index is 12.1. The highest BCUT2D eigenvalue weighted by atomic mass is 35.5. The smallest absolute Gasteiger partial charge is 0.248 e. The van der Waals surface area contributed by atoms with E-state index in [0.717, 1.165) is 24.8 Å². The van der Waals surface area contributed by atoms with Gasteiger partial charge in [-0.3, -0.25) is 14.9 Å². The highest BCUT2D eigenvalue weighted by Gasteiger charge is 2.26. The number of rotatable bonds is 7. The van der Waals surface area contributed by atoms with Crippen molar-refractivity contribution in [3.8, 4) is 0 Å². The van der Waals surface area contributed by atoms with Gasteiger partial charge in [0.05, 0.1) is 0 Å². The first kappa shape index (κ1) is 20.9. The van der Waals surface area contributed by atoms with Gasteiger partial charge in [-0.2, -0.15) is 0 Å². The molecule has 8 nitrogen and oxygen atoms in total. The molecule has 0 saturated heterocycles. The first-order valence-corrected chi connectivity index (χ1v) is 8.85. The van der Waals surface area contributed by atoms with Crippen molar-refractivity contribution in [2.45, 2.75) is 44.8 Å². The predicted molar refractivity (Wildman–Crippen MR) is 104 cm³/mol. The number of halogens is 1. The number of carbonyl (C=O) groups is 2. The van der Waals surface area contributed by atoms with E-state index < -0.39 is 0 Å². The minimum Gasteiger partial charge on any atom is -0.350 e. The van der Waals surface area contributed by atoms with Crippen molar-refractivity contribution in [1.29, 1.82) is 0 Å². The van der Waals surface area contributed by atoms with Gasteiger partial charge >= 0.3 is 0 Å². The van der Waals surface area contributed by atoms with Crippen LogP contribution in [0.2, 0.25) is 0 Å². The quantitative estimate of drug-likeness (QED) is 0.660. The fourth-order valence-electron chi connectivity index (χ4n) is 3.16. The maximum atomic E-state index is 12.1. The lowest BCUT2D eigenvalue weighted by atomic mass is 10.00. The Kier molecular flexibility index (Phi) is 7.75. The Bertz CT molecular complexity index is 751. The molecule has 0 spiro atoms. The Morgan fingerprint density at radius 3 is 2.67 bits per heavy atom. The molecule has 1 heterocycles. The van der Waals surface area contributed by atoms with Gasteiger partial charge in [0.1, 0.15) is 12.9 Å². The molecule has 27 heavy (non-hydrogen) atoms. The lowest BCUT2D eigenvalue weighted by Crippen LogP contribution is -2.28. The first-order chi connectivity index (χ1) is 12.6. The molecule has 0 unspecified atom stereocenters. The lowest BCUT2D eigenvalue weighted by Gasteiger charge is -2.13. The predicted octanol–water partition coefficient (Wildman–Crippen LogP) is 1.47. The number of carbonyl (C=O) groups excluding carboxylic acids is 2. The Balaban J connectivity index is 0.00000261. The largest absolute Gasteiger partial charge is 0.350 e. The molecule has 1 aliphatic carbocycles. The molecule has 2 atom stereocenters. The van der Waals surface area contributed by atoms with E-state index in [4.69, 9.17) is 5.73 Å². The van der Waals surface area contributed by atoms with Crippen LogP contribution in [0.15, 0.2) is 36.7 Å². The molecular weight excluding hydrogens is 368 g/mol. The average Bonchev–Trinajstić information content (AvgIpc) is 3.23. The molecule has 0 radical (unpaired) electrons. The van der Waals surface area contributed by atoms with Gasteiger partial charge in [-0.25, -0.2) is 9.67 Å². The lowest BCUT2D eigenvalue weighted by molar-refractivity contribution is -0.122. The summed E-state index contributed by atoms with van der Waals surface area (Å²) in [7, 11) is 0. The van der Waals surface area contributed by atoms with Crippen molar-refractivity contribution >= 4 is 30.2 Å². The first-order valence-electron chi connectivity index (χ1n) is 8.85. The molecule has 2 amide bonds. The van der Waals surface area contributed by atoms with Crippen molar-refractivity contribution in [1.82, 2.24) is 20.1 Å². The van der Waals surface area contributed by atoms with E-state index in [1.165, 1.54) is 11.0 Å². The van der Waals surface area contributed by atoms with Crippen LogP contribution in [0.4, 0.5) is 5.95 Å². The van der Waals surface area contributed by atoms with Gasteiger partial charge in [0.25, 0.3) is 0 Å². The van der Waals surface area contributed by atoms with Crippen molar-refractivity contribution < 1.29 is 9.59 Å². The summed E-state index contributed by atoms with van der Waals surface area (Å²) in [5.74, 6) is 0.116. The molecule has 1 saturated carbocycles. The molecule has 0 aliphatic heterocycles. The number of hydrogen-bond acceptors (Lipinski definition) is 5. The van der Waals surface area contributed by atoms with E-state index >= 15 is 0 Å². The summed E-state index contributed by atoms with van der Waals surface area (Å²) in [6, 6.07) is 9.76. The zero-order chi connectivity index (χ0) is 18.4. The molecule has 1 aliphatic rings. The number of nitrogens with zero attached hydrogens (tertiary/aromatic N) is 3. The van der Waals surface area contributed by atoms with E-state index in [2.05, 4.69) is 20.7 Å². The standard InChI is InChI=1S/C18H24N6O2.ClH/c19-15-8-4-7-14(15)9-16(25)22-18-21-12-24(23-18)11-17(26)20-10-13-5-2-1-3-6-13;/h1-3,5-6,12,14-15H,4,7-11,19H2,(H,20,26)(H,22,23,25);1H/t14-,15+;/m0./s1. The molecular formula is C18H25ClN6O2. The Hall–Kier alpha value is -2.45. The third-order valence-electron chi connectivity index (χ3n) is 4.59. The van der Waals surface area contributed by atoms with Crippen molar-refractivity contribution in [2.24, 2.45) is 11.7 Å². The minimum absolute atomic E-state index is 0. The number of benzene rings is 1. The summed E-state index contributed by atoms with van der Waals surface area (Å²) in [5.41, 5.74) is 7.02. The zero-order valence-electron chi connectivity index (χ0n) is 15.0. The van der Waals surface area contributed by atoms with Crippen LogP contribution in [-0.2, 0) is 22.7 Å². The van der Waals surface area contributed by atoms with Gasteiger partial charge in [0.15, 0.2) is 0 Å². The van der Waals surface area contributed by atoms with E-state index in [-0.39, 0.29) is 48.7 Å². The fourth-order valence-corrected chi connectivity index (χ4v) is 3.16. The number of hydrogen-bond donors (Lipinski definition) is 3. The summed E-state index contributed by atoms with van der Waals surface area (Å²) in [4.78, 5) is 28.1. The summed E-state index contributed by atoms with van der Waals surface area (Å²) < 4.78 is 1.40. The summed E-state index contributed by atoms with van der Waals surface area (Å²) in [6.07, 6.45) is 4.84. The van der Waals surface area contributed by atoms with Crippen molar-refractivity contribution in [3.63, 3.8) is 0 Å². The Morgan fingerprint density at radius 2 is 1.96 bits per heavy atom. The molecule has 9 heteroatoms. The van der Waals surface area contributed by atoms with E-state index in [1.807, 2.05) is 30.3 Å². The fraction of sp³-hybridized carbons (Fsp3) is 0.444. The third kappa shape index (κ3) is 6.33. The molecule has 1 fully saturated rings. The van der Waals surface area contributed by atoms with Crippen LogP contribution in [0, 0.1) is 5.92 Å². The summed E-state index contributed by atoms with van der Waals surface area (Å²) in [6.45, 7) is 0.503. The second-order valence-electron chi connectivity index (χ2n) is 6.64. The van der Waals surface area contributed by atoms with Gasteiger partial charge in [-0.1, -0.05) is 36.8 Å². The highest BCUT2D eigenvalue weighted by Crippen LogP contribution is 2.26. The Labute approximate surface area is 164 Å². The monoisotopic (exact) mass is 392 g/mol. The molecule has 2 aromatic rings. The van der Waals surface area contributed by atoms with Crippen LogP contribution < -0.4 is 16.4 Å². The van der Waals surface area contributed by atoms with Gasteiger partial charge < -0.3 is 11.1 Å². The number of nitrogens with two attached hydrogens (primary N) is 1. The second-order valence-corrected chi connectivity index (χ2v) is 6.64. The molecule has 1 aromatic carbocycles. The van der Waals surface area contributed by atoms with Crippen LogP contribution in [0.3, 0.4) is 0 Å². The number of amides is 2. The van der Waals surface area contributed by atoms with Crippen molar-refractivity contribution in [3.05, 3.63) is 42.2 Å². The number of anilines is 1. The van der Waals surface area contributed by atoms with Crippen LogP contribution >= 0.6 is 12.4 Å². The van der Waals surface area contributed by atoms with Gasteiger partial charge in [0, 0.05) is 19.0 Å². The SMILES string of the molecule is Cl.N[C@@H]1CCC[C@H]1CC(=O)Nc1ncn(CC(=O)NCc2ccccc2)n1. The van der Waals surface area contributed by atoms with Crippen LogP contribution in [0.1, 0.15) is 31.2 Å². The summed E-state index contributed by atoms with van der Waals surface area (Å²) in [5, 5.41) is 9.61. The van der Waals surface area contributed by atoms with Gasteiger partial charge in [0.2, 0.25) is 17.8 Å². The molecule has 4 N–H and O–H groups in total. The normalized spacial score (nSPS) is 18.6. The third-order valence-corrected chi connectivity index (χ3v) is 4.59. The average molecular weight is 393 g/mol. The van der Waals surface area contributed by atoms with Crippen molar-refractivity contribution in [2.75, 3.05) is 5.32 Å². The topological polar surface area (TPSA) is 115 Å². The van der Waals surface area contributed by atoms with E-state index in [0.29, 0.717) is 13.0 Å². The molecule has 3 rings (SSSR count). The van der Waals surface area contributed by atoms with Crippen LogP contribution in [-0.4, -0.2) is 32.6 Å².